The molecule has 0 aliphatic carbocycles. The van der Waals surface area contributed by atoms with E-state index in [9.17, 15) is 13.2 Å². The fourth-order valence-electron chi connectivity index (χ4n) is 2.17. The molecule has 0 saturated carbocycles. The van der Waals surface area contributed by atoms with Gasteiger partial charge in [-0.25, -0.2) is 4.98 Å². The molecule has 108 valence electrons. The Morgan fingerprint density at radius 2 is 1.90 bits per heavy atom. The summed E-state index contributed by atoms with van der Waals surface area (Å²) in [4.78, 5) is 4.25. The number of alkyl halides is 3. The maximum Gasteiger partial charge on any atom is 0.417 e. The normalized spacial score (nSPS) is 11.8. The van der Waals surface area contributed by atoms with Crippen molar-refractivity contribution in [3.63, 3.8) is 0 Å². The maximum absolute atomic E-state index is 13.1. The van der Waals surface area contributed by atoms with Gasteiger partial charge >= 0.3 is 6.18 Å². The van der Waals surface area contributed by atoms with E-state index in [0.29, 0.717) is 11.4 Å². The van der Waals surface area contributed by atoms with Crippen LogP contribution in [-0.4, -0.2) is 16.5 Å². The zero-order valence-corrected chi connectivity index (χ0v) is 11.1. The minimum Gasteiger partial charge on any atom is -0.497 e. The number of halogens is 3. The molecule has 0 radical (unpaired) electrons. The van der Waals surface area contributed by atoms with E-state index in [4.69, 9.17) is 4.74 Å². The fourth-order valence-corrected chi connectivity index (χ4v) is 2.17. The number of methoxy groups -OCH3 is 1. The van der Waals surface area contributed by atoms with Crippen LogP contribution in [0.4, 0.5) is 13.2 Å². The first kappa shape index (κ1) is 13.5. The molecule has 0 aliphatic rings. The first-order valence-corrected chi connectivity index (χ1v) is 6.18. The van der Waals surface area contributed by atoms with Crippen LogP contribution in [-0.2, 0) is 6.18 Å². The minimum absolute atomic E-state index is 0.0627. The van der Waals surface area contributed by atoms with Gasteiger partial charge in [0, 0.05) is 24.0 Å². The zero-order chi connectivity index (χ0) is 15.0. The highest BCUT2D eigenvalue weighted by Crippen LogP contribution is 2.36. The monoisotopic (exact) mass is 292 g/mol. The first-order chi connectivity index (χ1) is 9.99. The molecule has 0 spiro atoms. The Kier molecular flexibility index (Phi) is 3.08. The average molecular weight is 292 g/mol. The summed E-state index contributed by atoms with van der Waals surface area (Å²) in [5, 5.41) is 0. The van der Waals surface area contributed by atoms with Crippen LogP contribution in [0, 0.1) is 0 Å². The number of nitrogens with zero attached hydrogens (tertiary/aromatic N) is 2. The van der Waals surface area contributed by atoms with E-state index in [0.717, 1.165) is 6.07 Å². The summed E-state index contributed by atoms with van der Waals surface area (Å²) in [5.74, 6) is 0.601. The van der Waals surface area contributed by atoms with Crippen LogP contribution in [0.1, 0.15) is 5.56 Å². The Balaban J connectivity index is 2.17. The number of rotatable bonds is 2. The molecular weight excluding hydrogens is 281 g/mol. The van der Waals surface area contributed by atoms with Crippen molar-refractivity contribution in [3.8, 4) is 17.0 Å². The van der Waals surface area contributed by atoms with Crippen molar-refractivity contribution in [2.45, 2.75) is 6.18 Å². The summed E-state index contributed by atoms with van der Waals surface area (Å²) in [6, 6.07) is 8.79. The van der Waals surface area contributed by atoms with E-state index >= 15 is 0 Å². The van der Waals surface area contributed by atoms with Crippen molar-refractivity contribution in [1.29, 1.82) is 0 Å². The lowest BCUT2D eigenvalue weighted by molar-refractivity contribution is -0.137. The van der Waals surface area contributed by atoms with Crippen molar-refractivity contribution < 1.29 is 17.9 Å². The Morgan fingerprint density at radius 3 is 2.62 bits per heavy atom. The third kappa shape index (κ3) is 2.44. The van der Waals surface area contributed by atoms with Gasteiger partial charge in [0.05, 0.1) is 18.4 Å². The third-order valence-electron chi connectivity index (χ3n) is 3.18. The largest absolute Gasteiger partial charge is 0.497 e. The molecule has 0 aliphatic heterocycles. The number of pyridine rings is 1. The maximum atomic E-state index is 13.1. The van der Waals surface area contributed by atoms with Crippen LogP contribution < -0.4 is 4.74 Å². The number of hydrogen-bond acceptors (Lipinski definition) is 2. The summed E-state index contributed by atoms with van der Waals surface area (Å²) >= 11 is 0. The summed E-state index contributed by atoms with van der Waals surface area (Å²) < 4.78 is 45.9. The van der Waals surface area contributed by atoms with E-state index < -0.39 is 11.7 Å². The van der Waals surface area contributed by atoms with Crippen LogP contribution in [0.5, 0.6) is 5.75 Å². The van der Waals surface area contributed by atoms with Gasteiger partial charge in [-0.1, -0.05) is 18.2 Å². The SMILES string of the molecule is COc1ccn2cc(-c3ccccc3C(F)(F)F)nc2c1. The predicted molar refractivity (Wildman–Crippen MR) is 72.2 cm³/mol. The third-order valence-corrected chi connectivity index (χ3v) is 3.18. The fraction of sp³-hybridized carbons (Fsp3) is 0.133. The van der Waals surface area contributed by atoms with Gasteiger partial charge in [-0.3, -0.25) is 0 Å². The van der Waals surface area contributed by atoms with Gasteiger partial charge in [0.15, 0.2) is 0 Å². The summed E-state index contributed by atoms with van der Waals surface area (Å²) in [6.07, 6.45) is -1.15. The summed E-state index contributed by atoms with van der Waals surface area (Å²) in [7, 11) is 1.52. The minimum atomic E-state index is -4.41. The number of imidazole rings is 1. The van der Waals surface area contributed by atoms with Crippen molar-refractivity contribution in [1.82, 2.24) is 9.38 Å². The highest BCUT2D eigenvalue weighted by Gasteiger charge is 2.33. The summed E-state index contributed by atoms with van der Waals surface area (Å²) in [5.41, 5.74) is 0.172. The molecule has 0 N–H and O–H groups in total. The van der Waals surface area contributed by atoms with Gasteiger partial charge < -0.3 is 9.14 Å². The van der Waals surface area contributed by atoms with Crippen molar-refractivity contribution in [3.05, 3.63) is 54.4 Å². The molecule has 0 bridgehead atoms. The molecule has 0 saturated heterocycles. The van der Waals surface area contributed by atoms with E-state index in [1.807, 2.05) is 0 Å². The second-order valence-corrected chi connectivity index (χ2v) is 4.50. The topological polar surface area (TPSA) is 26.5 Å². The van der Waals surface area contributed by atoms with Gasteiger partial charge in [0.2, 0.25) is 0 Å². The zero-order valence-electron chi connectivity index (χ0n) is 11.1. The van der Waals surface area contributed by atoms with Gasteiger partial charge in [-0.15, -0.1) is 0 Å². The molecule has 0 amide bonds. The Hall–Kier alpha value is -2.50. The predicted octanol–water partition coefficient (Wildman–Crippen LogP) is 4.03. The van der Waals surface area contributed by atoms with E-state index in [1.165, 1.54) is 19.2 Å². The Bertz CT molecular complexity index is 793. The van der Waals surface area contributed by atoms with Crippen molar-refractivity contribution in [2.24, 2.45) is 0 Å². The quantitative estimate of drug-likeness (QED) is 0.713. The van der Waals surface area contributed by atoms with E-state index in [-0.39, 0.29) is 11.3 Å². The lowest BCUT2D eigenvalue weighted by atomic mass is 10.1. The van der Waals surface area contributed by atoms with Crippen LogP contribution in [0.2, 0.25) is 0 Å². The number of fused-ring (bicyclic) bond motifs is 1. The van der Waals surface area contributed by atoms with E-state index in [2.05, 4.69) is 4.98 Å². The first-order valence-electron chi connectivity index (χ1n) is 6.18. The van der Waals surface area contributed by atoms with Gasteiger partial charge in [0.1, 0.15) is 11.4 Å². The molecule has 3 rings (SSSR count). The van der Waals surface area contributed by atoms with E-state index in [1.54, 1.807) is 35.0 Å². The summed E-state index contributed by atoms with van der Waals surface area (Å²) in [6.45, 7) is 0. The van der Waals surface area contributed by atoms with Crippen LogP contribution in [0.3, 0.4) is 0 Å². The second kappa shape index (κ2) is 4.80. The smallest absolute Gasteiger partial charge is 0.417 e. The molecular formula is C15H11F3N2O. The molecule has 2 heterocycles. The molecule has 2 aromatic heterocycles. The van der Waals surface area contributed by atoms with Gasteiger partial charge in [0.25, 0.3) is 0 Å². The van der Waals surface area contributed by atoms with Gasteiger partial charge in [-0.2, -0.15) is 13.2 Å². The molecule has 3 aromatic rings. The van der Waals surface area contributed by atoms with Crippen molar-refractivity contribution >= 4 is 5.65 Å². The highest BCUT2D eigenvalue weighted by molar-refractivity contribution is 5.67. The van der Waals surface area contributed by atoms with Crippen LogP contribution in [0.15, 0.2) is 48.8 Å². The molecule has 3 nitrogen and oxygen atoms in total. The molecule has 1 aromatic carbocycles. The lowest BCUT2D eigenvalue weighted by Crippen LogP contribution is -2.06. The Labute approximate surface area is 118 Å². The standard InChI is InChI=1S/C15H11F3N2O/c1-21-10-6-7-20-9-13(19-14(20)8-10)11-4-2-3-5-12(11)15(16,17)18/h2-9H,1H3. The molecule has 0 atom stereocenters. The van der Waals surface area contributed by atoms with Crippen molar-refractivity contribution in [2.75, 3.05) is 7.11 Å². The molecule has 0 fully saturated rings. The lowest BCUT2D eigenvalue weighted by Gasteiger charge is -2.10. The van der Waals surface area contributed by atoms with Gasteiger partial charge in [-0.05, 0) is 12.1 Å². The number of aromatic nitrogens is 2. The molecule has 21 heavy (non-hydrogen) atoms. The van der Waals surface area contributed by atoms with Crippen LogP contribution >= 0.6 is 0 Å². The number of ether oxygens (including phenoxy) is 1. The number of hydrogen-bond donors (Lipinski definition) is 0. The second-order valence-electron chi connectivity index (χ2n) is 4.50. The number of benzene rings is 1. The Morgan fingerprint density at radius 1 is 1.14 bits per heavy atom. The molecule has 0 unspecified atom stereocenters. The average Bonchev–Trinajstić information content (AvgIpc) is 2.89. The molecule has 6 heteroatoms. The highest BCUT2D eigenvalue weighted by atomic mass is 19.4. The van der Waals surface area contributed by atoms with Crippen LogP contribution in [0.25, 0.3) is 16.9 Å².